The smallest absolute Gasteiger partial charge is 0.277 e. The Kier molecular flexibility index (Phi) is 26.8. The van der Waals surface area contributed by atoms with Crippen LogP contribution in [0.4, 0.5) is 28.8 Å². The average Bonchev–Trinajstić information content (AvgIpc) is 1.53. The normalized spacial score (nSPS) is 16.3. The molecule has 4 amide bonds. The quantitative estimate of drug-likeness (QED) is 0.0492. The Morgan fingerprint density at radius 1 is 0.527 bits per heavy atom. The molecule has 3 aliphatic rings. The van der Waals surface area contributed by atoms with Crippen molar-refractivity contribution in [1.29, 1.82) is 0 Å². The van der Waals surface area contributed by atoms with Gasteiger partial charge in [-0.15, -0.1) is 0 Å². The van der Waals surface area contributed by atoms with Crippen molar-refractivity contribution in [1.82, 2.24) is 64.5 Å². The monoisotopic (exact) mass is 1480 g/mol. The topological polar surface area (TPSA) is 374 Å². The molecule has 0 aliphatic carbocycles. The van der Waals surface area contributed by atoms with Crippen LogP contribution in [0.5, 0.6) is 0 Å². The number of nitrogens with two attached hydrogens (primary N) is 2. The van der Waals surface area contributed by atoms with Crippen LogP contribution in [0.2, 0.25) is 20.1 Å². The minimum atomic E-state index is -0.977. The van der Waals surface area contributed by atoms with E-state index < -0.39 is 28.5 Å². The zero-order chi connectivity index (χ0) is 68.9. The molecule has 3 atom stereocenters. The third kappa shape index (κ3) is 19.6. The van der Waals surface area contributed by atoms with Gasteiger partial charge in [-0.3, -0.25) is 56.9 Å². The fraction of sp³-hybridized carbons (Fsp3) is 0.262. The number of pyridine rings is 4. The third-order valence-corrected chi connectivity index (χ3v) is 14.6. The zero-order valence-corrected chi connectivity index (χ0v) is 57.6. The highest BCUT2D eigenvalue weighted by Crippen LogP contribution is 2.33. The molecule has 7 aromatic rings. The highest BCUT2D eigenvalue weighted by molar-refractivity contribution is 9.10. The highest BCUT2D eigenvalue weighted by Gasteiger charge is 2.43. The first-order valence-corrected chi connectivity index (χ1v) is 30.1. The van der Waals surface area contributed by atoms with Gasteiger partial charge in [-0.2, -0.15) is 0 Å². The van der Waals surface area contributed by atoms with Crippen molar-refractivity contribution in [2.24, 2.45) is 5.73 Å². The summed E-state index contributed by atoms with van der Waals surface area (Å²) in [4.78, 5) is 132. The Labute approximate surface area is 570 Å². The second-order valence-electron chi connectivity index (χ2n) is 21.5. The van der Waals surface area contributed by atoms with Crippen LogP contribution in [0.3, 0.4) is 0 Å². The maximum atomic E-state index is 12.9. The molecule has 492 valence electrons. The molecular weight excluding hydrogens is 1420 g/mol. The number of hydrogen-bond acceptors (Lipinski definition) is 18. The van der Waals surface area contributed by atoms with E-state index in [-0.39, 0.29) is 106 Å². The number of H-pyrrole nitrogens is 1. The van der Waals surface area contributed by atoms with Crippen LogP contribution in [0.1, 0.15) is 132 Å². The second-order valence-corrected chi connectivity index (χ2v) is 24.9. The minimum absolute atomic E-state index is 0. The average molecular weight is 1480 g/mol. The summed E-state index contributed by atoms with van der Waals surface area (Å²) in [7, 11) is 0. The molecule has 0 saturated heterocycles. The molecule has 3 unspecified atom stereocenters. The van der Waals surface area contributed by atoms with Crippen LogP contribution >= 0.6 is 78.3 Å². The number of ketones is 1. The summed E-state index contributed by atoms with van der Waals surface area (Å²) >= 11 is 30.3. The van der Waals surface area contributed by atoms with Gasteiger partial charge in [0.05, 0.1) is 29.0 Å². The summed E-state index contributed by atoms with van der Waals surface area (Å²) in [6, 6.07) is 10.5. The molecule has 93 heavy (non-hydrogen) atoms. The standard InChI is InChI=1S/2C16H16ClN5O2.C12H12BrClN2O2.C6H4BrClN2O2.C6H10O.C4H5N3.CH4/c2*1-9(2)7-16(3)21-14(23)13-10(17)6-11(15(24)22(13)16)20-12-4-5-18-8-19-12;1-6(2)5-12(3)15-10(17)9-8(14)4-7(13)11(18)16(9)12;7-2-1-3(8)4(5(9)11)10-6(2)12;1-5(2)4-6(3)7;5-4-1-2-6-3-7-4;/h2*4-8H,1-3H3,(H,21,23)(H,18,19,20);4-5H,1-3H3,(H,15,17);1H,(H2,9,11)(H,10,12);4H,1-3H3;1-3H,(H2,5,6,7);1H4. The molecule has 3 aliphatic heterocycles. The summed E-state index contributed by atoms with van der Waals surface area (Å²) in [5.41, 5.74) is 10.7. The number of carbonyl (C=O) groups is 5. The lowest BCUT2D eigenvalue weighted by molar-refractivity contribution is -0.112. The van der Waals surface area contributed by atoms with Crippen LogP contribution < -0.4 is 60.3 Å². The molecule has 0 spiro atoms. The van der Waals surface area contributed by atoms with E-state index in [1.54, 1.807) is 70.6 Å². The van der Waals surface area contributed by atoms with Crippen LogP contribution in [-0.4, -0.2) is 78.0 Å². The van der Waals surface area contributed by atoms with E-state index in [4.69, 9.17) is 57.9 Å². The summed E-state index contributed by atoms with van der Waals surface area (Å²) in [5, 5.41) is 15.0. The molecular formula is C61H67Br2Cl4N17O9. The molecule has 10 rings (SSSR count). The van der Waals surface area contributed by atoms with Gasteiger partial charge >= 0.3 is 0 Å². The Hall–Kier alpha value is -8.93. The van der Waals surface area contributed by atoms with E-state index in [0.717, 1.165) is 22.3 Å². The van der Waals surface area contributed by atoms with Gasteiger partial charge in [0.2, 0.25) is 0 Å². The number of anilines is 5. The number of amides is 4. The van der Waals surface area contributed by atoms with Gasteiger partial charge in [0.25, 0.3) is 45.9 Å². The number of carbonyl (C=O) groups excluding carboxylic acids is 5. The predicted octanol–water partition coefficient (Wildman–Crippen LogP) is 10.6. The lowest BCUT2D eigenvalue weighted by Gasteiger charge is -2.24. The first kappa shape index (κ1) is 76.5. The largest absolute Gasteiger partial charge is 0.384 e. The molecule has 0 aromatic carbocycles. The molecule has 0 fully saturated rings. The highest BCUT2D eigenvalue weighted by atomic mass is 79.9. The van der Waals surface area contributed by atoms with Gasteiger partial charge < -0.3 is 43.0 Å². The van der Waals surface area contributed by atoms with Crippen molar-refractivity contribution in [2.75, 3.05) is 16.4 Å². The summed E-state index contributed by atoms with van der Waals surface area (Å²) in [5.74, 6) is -0.319. The molecule has 0 radical (unpaired) electrons. The van der Waals surface area contributed by atoms with Crippen LogP contribution in [0.25, 0.3) is 0 Å². The van der Waals surface area contributed by atoms with Gasteiger partial charge in [-0.05, 0) is 182 Å². The number of nitrogens with one attached hydrogen (secondary N) is 6. The number of nitrogen functional groups attached to an aromatic ring is 1. The third-order valence-electron chi connectivity index (χ3n) is 12.2. The summed E-state index contributed by atoms with van der Waals surface area (Å²) in [6.45, 7) is 22.0. The molecule has 0 saturated carbocycles. The molecule has 26 nitrogen and oxygen atoms in total. The fourth-order valence-electron chi connectivity index (χ4n) is 9.26. The lowest BCUT2D eigenvalue weighted by Crippen LogP contribution is -2.43. The Bertz CT molecular complexity index is 4230. The Morgan fingerprint density at radius 2 is 0.882 bits per heavy atom. The van der Waals surface area contributed by atoms with Crippen molar-refractivity contribution in [3.05, 3.63) is 220 Å². The maximum absolute atomic E-state index is 12.9. The first-order valence-electron chi connectivity index (χ1n) is 27.0. The van der Waals surface area contributed by atoms with Gasteiger partial charge in [0.1, 0.15) is 87.6 Å². The van der Waals surface area contributed by atoms with Crippen molar-refractivity contribution in [2.45, 2.75) is 108 Å². The molecule has 10 heterocycles. The number of aromatic nitrogens is 10. The number of allylic oxidation sites excluding steroid dienone is 5. The maximum Gasteiger partial charge on any atom is 0.277 e. The van der Waals surface area contributed by atoms with E-state index in [2.05, 4.69) is 93.3 Å². The predicted molar refractivity (Wildman–Crippen MR) is 369 cm³/mol. The second kappa shape index (κ2) is 32.6. The van der Waals surface area contributed by atoms with Crippen LogP contribution in [0.15, 0.2) is 155 Å². The molecule has 7 aromatic heterocycles. The number of rotatable bonds is 9. The van der Waals surface area contributed by atoms with E-state index >= 15 is 0 Å². The molecule has 0 bridgehead atoms. The van der Waals surface area contributed by atoms with Crippen molar-refractivity contribution in [3.8, 4) is 0 Å². The number of primary amides is 1. The van der Waals surface area contributed by atoms with Crippen molar-refractivity contribution < 1.29 is 24.0 Å². The zero-order valence-electron chi connectivity index (χ0n) is 51.4. The number of fused-ring (bicyclic) bond motifs is 3. The van der Waals surface area contributed by atoms with Gasteiger partial charge in [-0.1, -0.05) is 76.1 Å². The van der Waals surface area contributed by atoms with Crippen LogP contribution in [-0.2, 0) is 21.8 Å². The van der Waals surface area contributed by atoms with E-state index in [1.807, 2.05) is 73.6 Å². The van der Waals surface area contributed by atoms with Gasteiger partial charge in [0, 0.05) is 18.6 Å². The summed E-state index contributed by atoms with van der Waals surface area (Å²) < 4.78 is 4.72. The van der Waals surface area contributed by atoms with Gasteiger partial charge in [-0.25, -0.2) is 29.9 Å². The van der Waals surface area contributed by atoms with E-state index in [9.17, 15) is 43.2 Å². The first-order chi connectivity index (χ1) is 42.9. The van der Waals surface area contributed by atoms with Gasteiger partial charge in [0.15, 0.2) is 5.78 Å². The number of halogens is 6. The Balaban J connectivity index is 0.000000251. The Morgan fingerprint density at radius 3 is 1.17 bits per heavy atom. The fourth-order valence-corrected chi connectivity index (χ4v) is 11.3. The van der Waals surface area contributed by atoms with E-state index in [1.165, 1.54) is 56.9 Å². The number of aromatic amines is 1. The number of hydrogen-bond donors (Lipinski definition) is 8. The van der Waals surface area contributed by atoms with Crippen molar-refractivity contribution in [3.63, 3.8) is 0 Å². The summed E-state index contributed by atoms with van der Waals surface area (Å²) in [6.07, 6.45) is 15.9. The molecule has 32 heteroatoms. The van der Waals surface area contributed by atoms with Crippen LogP contribution in [0, 0.1) is 0 Å². The van der Waals surface area contributed by atoms with Crippen molar-refractivity contribution >= 4 is 137 Å². The lowest BCUT2D eigenvalue weighted by atomic mass is 10.1. The van der Waals surface area contributed by atoms with E-state index in [0.29, 0.717) is 21.9 Å². The minimum Gasteiger partial charge on any atom is -0.384 e. The SMILES string of the molecule is C.CC(=O)C=C(C)C.CC(C)=CC1(C)NC(=O)c2c(Cl)cc(Br)c(=O)n21.CC(C)=CC1(C)NC(=O)c2c(Cl)cc(Nc3ccncn3)c(=O)n21.CC(C)=CC1(C)NC(=O)c2c(Cl)cc(Nc3ccncn3)c(=O)n21.NC(=O)c1[nH]c(=O)c(Br)cc1Cl.Nc1ccncn1. The molecule has 10 N–H and O–H groups in total. The number of nitrogens with zero attached hydrogens (tertiary/aromatic N) is 9.